The van der Waals surface area contributed by atoms with E-state index in [2.05, 4.69) is 4.98 Å². The van der Waals surface area contributed by atoms with Crippen LogP contribution in [-0.2, 0) is 10.8 Å². The highest BCUT2D eigenvalue weighted by Gasteiger charge is 2.22. The number of carbonyl (C=O) groups excluding carboxylic acids is 1. The molecule has 0 aliphatic heterocycles. The van der Waals surface area contributed by atoms with Gasteiger partial charge in [0.25, 0.3) is 5.91 Å². The van der Waals surface area contributed by atoms with Gasteiger partial charge in [-0.25, -0.2) is 4.98 Å². The van der Waals surface area contributed by atoms with Crippen molar-refractivity contribution < 1.29 is 9.00 Å². The zero-order valence-corrected chi connectivity index (χ0v) is 12.8. The minimum absolute atomic E-state index is 0.283. The highest BCUT2D eigenvalue weighted by Crippen LogP contribution is 2.31. The molecule has 2 N–H and O–H groups in total. The first-order chi connectivity index (χ1) is 10.6. The van der Waals surface area contributed by atoms with Gasteiger partial charge in [0.1, 0.15) is 0 Å². The molecule has 0 spiro atoms. The monoisotopic (exact) mass is 310 g/mol. The number of nitrogens with zero attached hydrogens (tertiary/aromatic N) is 1. The Morgan fingerprint density at radius 2 is 1.68 bits per heavy atom. The number of fused-ring (bicyclic) bond motifs is 1. The van der Waals surface area contributed by atoms with Gasteiger partial charge in [-0.3, -0.25) is 9.00 Å². The van der Waals surface area contributed by atoms with Gasteiger partial charge in [0.2, 0.25) is 0 Å². The molecule has 0 aliphatic carbocycles. The SMILES string of the molecule is CS(=O)c1c(-c2ccccc2)nc2ccccc2c1C(N)=O. The molecule has 3 aromatic rings. The molecule has 1 aromatic heterocycles. The molecule has 3 rings (SSSR count). The molecule has 1 heterocycles. The maximum absolute atomic E-state index is 12.3. The van der Waals surface area contributed by atoms with E-state index in [4.69, 9.17) is 5.73 Å². The lowest BCUT2D eigenvalue weighted by Gasteiger charge is -2.13. The number of pyridine rings is 1. The summed E-state index contributed by atoms with van der Waals surface area (Å²) < 4.78 is 12.3. The van der Waals surface area contributed by atoms with Gasteiger partial charge < -0.3 is 5.73 Å². The molecule has 0 saturated heterocycles. The second kappa shape index (κ2) is 5.69. The van der Waals surface area contributed by atoms with E-state index in [0.717, 1.165) is 5.56 Å². The number of hydrogen-bond acceptors (Lipinski definition) is 3. The average Bonchev–Trinajstić information content (AvgIpc) is 2.53. The quantitative estimate of drug-likeness (QED) is 0.808. The Labute approximate surface area is 130 Å². The molecule has 1 amide bonds. The largest absolute Gasteiger partial charge is 0.366 e. The number of nitrogens with two attached hydrogens (primary N) is 1. The van der Waals surface area contributed by atoms with E-state index in [1.54, 1.807) is 12.1 Å². The van der Waals surface area contributed by atoms with E-state index in [1.807, 2.05) is 42.5 Å². The molecule has 5 heteroatoms. The summed E-state index contributed by atoms with van der Waals surface area (Å²) in [6.45, 7) is 0. The van der Waals surface area contributed by atoms with Crippen LogP contribution < -0.4 is 5.73 Å². The fourth-order valence-electron chi connectivity index (χ4n) is 2.51. The average molecular weight is 310 g/mol. The molecule has 2 aromatic carbocycles. The summed E-state index contributed by atoms with van der Waals surface area (Å²) in [6.07, 6.45) is 1.53. The summed E-state index contributed by atoms with van der Waals surface area (Å²) in [4.78, 5) is 17.0. The molecular weight excluding hydrogens is 296 g/mol. The van der Waals surface area contributed by atoms with Gasteiger partial charge in [-0.1, -0.05) is 48.5 Å². The van der Waals surface area contributed by atoms with Crippen molar-refractivity contribution in [2.75, 3.05) is 6.26 Å². The Morgan fingerprint density at radius 3 is 2.32 bits per heavy atom. The lowest BCUT2D eigenvalue weighted by molar-refractivity contribution is 0.0999. The molecule has 0 radical (unpaired) electrons. The first kappa shape index (κ1) is 14.4. The molecule has 0 saturated carbocycles. The summed E-state index contributed by atoms with van der Waals surface area (Å²) in [6, 6.07) is 16.6. The Balaban J connectivity index is 2.49. The van der Waals surface area contributed by atoms with E-state index in [-0.39, 0.29) is 5.56 Å². The Morgan fingerprint density at radius 1 is 1.05 bits per heavy atom. The van der Waals surface area contributed by atoms with Crippen LogP contribution in [0.2, 0.25) is 0 Å². The molecule has 110 valence electrons. The minimum atomic E-state index is -1.39. The van der Waals surface area contributed by atoms with E-state index in [1.165, 1.54) is 6.26 Å². The van der Waals surface area contributed by atoms with Crippen molar-refractivity contribution in [1.29, 1.82) is 0 Å². The van der Waals surface area contributed by atoms with Crippen LogP contribution in [-0.4, -0.2) is 21.4 Å². The first-order valence-corrected chi connectivity index (χ1v) is 8.27. The summed E-state index contributed by atoms with van der Waals surface area (Å²) in [5.74, 6) is -0.596. The third-order valence-corrected chi connectivity index (χ3v) is 4.40. The van der Waals surface area contributed by atoms with Gasteiger partial charge in [-0.05, 0) is 6.07 Å². The van der Waals surface area contributed by atoms with Crippen molar-refractivity contribution >= 4 is 27.6 Å². The summed E-state index contributed by atoms with van der Waals surface area (Å²) in [7, 11) is -1.39. The van der Waals surface area contributed by atoms with E-state index in [0.29, 0.717) is 21.5 Å². The van der Waals surface area contributed by atoms with E-state index >= 15 is 0 Å². The third-order valence-electron chi connectivity index (χ3n) is 3.43. The minimum Gasteiger partial charge on any atom is -0.366 e. The van der Waals surface area contributed by atoms with Crippen molar-refractivity contribution in [2.24, 2.45) is 5.73 Å². The lowest BCUT2D eigenvalue weighted by Crippen LogP contribution is -2.16. The Bertz CT molecular complexity index is 892. The van der Waals surface area contributed by atoms with Crippen LogP contribution in [0.4, 0.5) is 0 Å². The number of hydrogen-bond donors (Lipinski definition) is 1. The fourth-order valence-corrected chi connectivity index (χ4v) is 3.44. The van der Waals surface area contributed by atoms with Crippen molar-refractivity contribution in [3.05, 3.63) is 60.2 Å². The van der Waals surface area contributed by atoms with Crippen molar-refractivity contribution in [2.45, 2.75) is 4.90 Å². The predicted octanol–water partition coefficient (Wildman–Crippen LogP) is 2.74. The van der Waals surface area contributed by atoms with Crippen LogP contribution in [0.25, 0.3) is 22.2 Å². The lowest BCUT2D eigenvalue weighted by atomic mass is 10.0. The number of para-hydroxylation sites is 1. The molecule has 1 unspecified atom stereocenters. The molecule has 22 heavy (non-hydrogen) atoms. The molecule has 0 aliphatic rings. The normalized spacial score (nSPS) is 12.2. The van der Waals surface area contributed by atoms with Gasteiger partial charge in [0.05, 0.1) is 32.5 Å². The molecular formula is C17H14N2O2S. The van der Waals surface area contributed by atoms with Crippen LogP contribution in [0, 0.1) is 0 Å². The maximum Gasteiger partial charge on any atom is 0.250 e. The van der Waals surface area contributed by atoms with Gasteiger partial charge in [0, 0.05) is 17.2 Å². The number of amides is 1. The highest BCUT2D eigenvalue weighted by atomic mass is 32.2. The number of benzene rings is 2. The van der Waals surface area contributed by atoms with E-state index in [9.17, 15) is 9.00 Å². The number of primary amides is 1. The zero-order valence-electron chi connectivity index (χ0n) is 11.9. The van der Waals surface area contributed by atoms with Crippen LogP contribution >= 0.6 is 0 Å². The summed E-state index contributed by atoms with van der Waals surface area (Å²) in [5, 5.41) is 0.625. The Hall–Kier alpha value is -2.53. The van der Waals surface area contributed by atoms with Gasteiger partial charge in [-0.15, -0.1) is 0 Å². The number of carbonyl (C=O) groups is 1. The summed E-state index contributed by atoms with van der Waals surface area (Å²) in [5.41, 5.74) is 7.85. The van der Waals surface area contributed by atoms with Crippen molar-refractivity contribution in [3.8, 4) is 11.3 Å². The van der Waals surface area contributed by atoms with Gasteiger partial charge >= 0.3 is 0 Å². The molecule has 4 nitrogen and oxygen atoms in total. The van der Waals surface area contributed by atoms with Gasteiger partial charge in [-0.2, -0.15) is 0 Å². The zero-order chi connectivity index (χ0) is 15.7. The standard InChI is InChI=1S/C17H14N2O2S/c1-22(21)16-14(17(18)20)12-9-5-6-10-13(12)19-15(16)11-7-3-2-4-8-11/h2-10H,1H3,(H2,18,20). The topological polar surface area (TPSA) is 73.1 Å². The predicted molar refractivity (Wildman–Crippen MR) is 88.0 cm³/mol. The van der Waals surface area contributed by atoms with Crippen molar-refractivity contribution in [3.63, 3.8) is 0 Å². The van der Waals surface area contributed by atoms with Crippen LogP contribution in [0.3, 0.4) is 0 Å². The van der Waals surface area contributed by atoms with E-state index < -0.39 is 16.7 Å². The van der Waals surface area contributed by atoms with Crippen LogP contribution in [0.5, 0.6) is 0 Å². The molecule has 0 fully saturated rings. The fraction of sp³-hybridized carbons (Fsp3) is 0.0588. The van der Waals surface area contributed by atoms with Crippen LogP contribution in [0.15, 0.2) is 59.5 Å². The second-order valence-corrected chi connectivity index (χ2v) is 6.18. The maximum atomic E-state index is 12.3. The Kier molecular flexibility index (Phi) is 3.73. The number of aromatic nitrogens is 1. The van der Waals surface area contributed by atoms with Crippen LogP contribution in [0.1, 0.15) is 10.4 Å². The highest BCUT2D eigenvalue weighted by molar-refractivity contribution is 7.84. The molecule has 0 bridgehead atoms. The third kappa shape index (κ3) is 2.40. The molecule has 1 atom stereocenters. The second-order valence-electron chi connectivity index (χ2n) is 4.87. The van der Waals surface area contributed by atoms with Crippen molar-refractivity contribution in [1.82, 2.24) is 4.98 Å². The smallest absolute Gasteiger partial charge is 0.250 e. The van der Waals surface area contributed by atoms with Gasteiger partial charge in [0.15, 0.2) is 0 Å². The summed E-state index contributed by atoms with van der Waals surface area (Å²) >= 11 is 0. The number of rotatable bonds is 3. The first-order valence-electron chi connectivity index (χ1n) is 6.71.